The molecule has 0 fully saturated rings. The fraction of sp³-hybridized carbons (Fsp3) is 0.429. The van der Waals surface area contributed by atoms with Gasteiger partial charge >= 0.3 is 0 Å². The van der Waals surface area contributed by atoms with Gasteiger partial charge in [0.15, 0.2) is 0 Å². The van der Waals surface area contributed by atoms with Gasteiger partial charge in [0.1, 0.15) is 0 Å². The maximum absolute atomic E-state index is 8.01. The van der Waals surface area contributed by atoms with Crippen LogP contribution in [-0.2, 0) is 6.42 Å². The van der Waals surface area contributed by atoms with Gasteiger partial charge in [0, 0.05) is 23.9 Å². The van der Waals surface area contributed by atoms with Crippen molar-refractivity contribution in [2.24, 2.45) is 5.11 Å². The zero-order valence-corrected chi connectivity index (χ0v) is 6.80. The summed E-state index contributed by atoms with van der Waals surface area (Å²) >= 11 is 0. The molecule has 0 N–H and O–H groups in total. The molecule has 0 amide bonds. The van der Waals surface area contributed by atoms with Gasteiger partial charge in [0.05, 0.1) is 11.4 Å². The van der Waals surface area contributed by atoms with Gasteiger partial charge in [-0.1, -0.05) is 5.11 Å². The lowest BCUT2D eigenvalue weighted by atomic mass is 10.3. The number of aromatic nitrogens is 2. The van der Waals surface area contributed by atoms with E-state index in [0.29, 0.717) is 13.0 Å². The minimum absolute atomic E-state index is 0.439. The van der Waals surface area contributed by atoms with E-state index in [-0.39, 0.29) is 0 Å². The number of hydrogen-bond acceptors (Lipinski definition) is 3. The molecule has 0 spiro atoms. The molecule has 0 atom stereocenters. The van der Waals surface area contributed by atoms with Crippen LogP contribution < -0.4 is 0 Å². The molecule has 1 aromatic rings. The van der Waals surface area contributed by atoms with Gasteiger partial charge in [0.2, 0.25) is 0 Å². The number of rotatable bonds is 3. The first kappa shape index (κ1) is 8.49. The first-order valence-electron chi connectivity index (χ1n) is 3.61. The molecule has 0 radical (unpaired) electrons. The third-order valence-corrected chi connectivity index (χ3v) is 1.37. The Hall–Kier alpha value is -1.61. The third kappa shape index (κ3) is 2.56. The van der Waals surface area contributed by atoms with E-state index in [2.05, 4.69) is 20.0 Å². The van der Waals surface area contributed by atoms with Crippen LogP contribution in [0, 0.1) is 6.92 Å². The fourth-order valence-corrected chi connectivity index (χ4v) is 0.758. The van der Waals surface area contributed by atoms with Crippen molar-refractivity contribution in [1.29, 1.82) is 0 Å². The summed E-state index contributed by atoms with van der Waals surface area (Å²) in [4.78, 5) is 10.8. The first-order chi connectivity index (χ1) is 5.83. The molecule has 0 saturated carbocycles. The minimum Gasteiger partial charge on any atom is -0.258 e. The van der Waals surface area contributed by atoms with Gasteiger partial charge in [-0.05, 0) is 18.9 Å². The van der Waals surface area contributed by atoms with E-state index in [1.54, 1.807) is 12.4 Å². The Morgan fingerprint density at radius 1 is 1.50 bits per heavy atom. The summed E-state index contributed by atoms with van der Waals surface area (Å²) in [5.41, 5.74) is 9.76. The number of aryl methyl sites for hydroxylation is 1. The van der Waals surface area contributed by atoms with Gasteiger partial charge in [-0.3, -0.25) is 9.97 Å². The molecule has 0 aliphatic heterocycles. The molecule has 0 aliphatic carbocycles. The molecule has 1 heterocycles. The molecular weight excluding hydrogens is 154 g/mol. The summed E-state index contributed by atoms with van der Waals surface area (Å²) in [6.07, 6.45) is 4.05. The highest BCUT2D eigenvalue weighted by molar-refractivity contribution is 5.00. The van der Waals surface area contributed by atoms with Gasteiger partial charge in [-0.2, -0.15) is 0 Å². The second kappa shape index (κ2) is 4.31. The van der Waals surface area contributed by atoms with Crippen molar-refractivity contribution < 1.29 is 0 Å². The summed E-state index contributed by atoms with van der Waals surface area (Å²) in [6.45, 7) is 2.32. The minimum atomic E-state index is 0.439. The summed E-state index contributed by atoms with van der Waals surface area (Å²) in [7, 11) is 0. The van der Waals surface area contributed by atoms with E-state index >= 15 is 0 Å². The molecule has 1 aromatic heterocycles. The highest BCUT2D eigenvalue weighted by Crippen LogP contribution is 1.95. The Labute approximate surface area is 70.1 Å². The molecule has 0 saturated heterocycles. The topological polar surface area (TPSA) is 74.5 Å². The number of nitrogens with zero attached hydrogens (tertiary/aromatic N) is 5. The summed E-state index contributed by atoms with van der Waals surface area (Å²) in [5.74, 6) is 0. The van der Waals surface area contributed by atoms with Crippen LogP contribution in [0.15, 0.2) is 17.5 Å². The van der Waals surface area contributed by atoms with Crippen molar-refractivity contribution in [2.75, 3.05) is 6.54 Å². The SMILES string of the molecule is Cc1cnc(CCN=[N+]=[N-])cn1. The van der Waals surface area contributed by atoms with E-state index in [0.717, 1.165) is 11.4 Å². The van der Waals surface area contributed by atoms with Crippen molar-refractivity contribution in [3.8, 4) is 0 Å². The van der Waals surface area contributed by atoms with Crippen molar-refractivity contribution in [3.05, 3.63) is 34.2 Å². The molecule has 0 aromatic carbocycles. The lowest BCUT2D eigenvalue weighted by molar-refractivity contribution is 0.893. The van der Waals surface area contributed by atoms with Crippen LogP contribution in [-0.4, -0.2) is 16.5 Å². The summed E-state index contributed by atoms with van der Waals surface area (Å²) in [5, 5.41) is 3.40. The molecule has 12 heavy (non-hydrogen) atoms. The first-order valence-corrected chi connectivity index (χ1v) is 3.61. The van der Waals surface area contributed by atoms with Crippen LogP contribution in [0.1, 0.15) is 11.4 Å². The average Bonchev–Trinajstić information content (AvgIpc) is 2.09. The molecule has 62 valence electrons. The number of hydrogen-bond donors (Lipinski definition) is 0. The van der Waals surface area contributed by atoms with Crippen LogP contribution in [0.25, 0.3) is 10.4 Å². The van der Waals surface area contributed by atoms with Crippen molar-refractivity contribution in [1.82, 2.24) is 9.97 Å². The van der Waals surface area contributed by atoms with Gasteiger partial charge in [-0.15, -0.1) is 0 Å². The third-order valence-electron chi connectivity index (χ3n) is 1.37. The monoisotopic (exact) mass is 163 g/mol. The van der Waals surface area contributed by atoms with E-state index in [1.807, 2.05) is 6.92 Å². The largest absolute Gasteiger partial charge is 0.258 e. The molecule has 5 nitrogen and oxygen atoms in total. The average molecular weight is 163 g/mol. The van der Waals surface area contributed by atoms with E-state index in [4.69, 9.17) is 5.53 Å². The summed E-state index contributed by atoms with van der Waals surface area (Å²) in [6, 6.07) is 0. The number of azide groups is 1. The zero-order valence-electron chi connectivity index (χ0n) is 6.80. The van der Waals surface area contributed by atoms with Crippen LogP contribution >= 0.6 is 0 Å². The Kier molecular flexibility index (Phi) is 3.04. The van der Waals surface area contributed by atoms with Crippen LogP contribution in [0.5, 0.6) is 0 Å². The smallest absolute Gasteiger partial charge is 0.0588 e. The van der Waals surface area contributed by atoms with E-state index in [9.17, 15) is 0 Å². The predicted molar refractivity (Wildman–Crippen MR) is 44.5 cm³/mol. The molecule has 5 heteroatoms. The standard InChI is InChI=1S/C7H9N5/c1-6-4-10-7(5-9-6)2-3-11-12-8/h4-5H,2-3H2,1H3. The summed E-state index contributed by atoms with van der Waals surface area (Å²) < 4.78 is 0. The zero-order chi connectivity index (χ0) is 8.81. The van der Waals surface area contributed by atoms with Gasteiger partial charge < -0.3 is 0 Å². The molecular formula is C7H9N5. The second-order valence-corrected chi connectivity index (χ2v) is 2.35. The normalized spacial score (nSPS) is 9.08. The Morgan fingerprint density at radius 3 is 2.92 bits per heavy atom. The molecule has 1 rings (SSSR count). The van der Waals surface area contributed by atoms with Crippen LogP contribution in [0.4, 0.5) is 0 Å². The quantitative estimate of drug-likeness (QED) is 0.386. The van der Waals surface area contributed by atoms with Crippen molar-refractivity contribution in [2.45, 2.75) is 13.3 Å². The van der Waals surface area contributed by atoms with E-state index in [1.165, 1.54) is 0 Å². The van der Waals surface area contributed by atoms with Crippen molar-refractivity contribution in [3.63, 3.8) is 0 Å². The van der Waals surface area contributed by atoms with Crippen LogP contribution in [0.3, 0.4) is 0 Å². The van der Waals surface area contributed by atoms with Gasteiger partial charge in [0.25, 0.3) is 0 Å². The van der Waals surface area contributed by atoms with E-state index < -0.39 is 0 Å². The molecule has 0 unspecified atom stereocenters. The highest BCUT2D eigenvalue weighted by atomic mass is 15.1. The lowest BCUT2D eigenvalue weighted by Gasteiger charge is -1.95. The lowest BCUT2D eigenvalue weighted by Crippen LogP contribution is -1.94. The highest BCUT2D eigenvalue weighted by Gasteiger charge is 1.92. The maximum atomic E-state index is 8.01. The Morgan fingerprint density at radius 2 is 2.33 bits per heavy atom. The fourth-order valence-electron chi connectivity index (χ4n) is 0.758. The Balaban J connectivity index is 2.53. The predicted octanol–water partition coefficient (Wildman–Crippen LogP) is 1.64. The molecule has 0 aliphatic rings. The van der Waals surface area contributed by atoms with Crippen molar-refractivity contribution >= 4 is 0 Å². The second-order valence-electron chi connectivity index (χ2n) is 2.35. The molecule has 0 bridgehead atoms. The Bertz CT molecular complexity index is 285. The maximum Gasteiger partial charge on any atom is 0.0588 e. The van der Waals surface area contributed by atoms with Crippen LogP contribution in [0.2, 0.25) is 0 Å². The van der Waals surface area contributed by atoms with Gasteiger partial charge in [-0.25, -0.2) is 0 Å².